The number of benzene rings is 2. The van der Waals surface area contributed by atoms with Gasteiger partial charge in [-0.05, 0) is 42.7 Å². The Bertz CT molecular complexity index is 1100. The van der Waals surface area contributed by atoms with Crippen LogP contribution in [0.25, 0.3) is 0 Å². The fourth-order valence-electron chi connectivity index (χ4n) is 4.10. The number of nitrogens with zero attached hydrogens (tertiary/aromatic N) is 2. The maximum Gasteiger partial charge on any atom is 0.166 e. The second-order valence-electron chi connectivity index (χ2n) is 8.33. The smallest absolute Gasteiger partial charge is 0.166 e. The van der Waals surface area contributed by atoms with Gasteiger partial charge in [0.05, 0.1) is 5.02 Å². The van der Waals surface area contributed by atoms with Crippen molar-refractivity contribution in [3.8, 4) is 5.75 Å². The van der Waals surface area contributed by atoms with Crippen LogP contribution in [0.5, 0.6) is 5.75 Å². The van der Waals surface area contributed by atoms with E-state index < -0.39 is 11.9 Å². The van der Waals surface area contributed by atoms with Gasteiger partial charge in [-0.3, -0.25) is 4.90 Å². The van der Waals surface area contributed by atoms with Gasteiger partial charge < -0.3 is 15.8 Å². The van der Waals surface area contributed by atoms with Crippen LogP contribution in [-0.4, -0.2) is 29.0 Å². The third-order valence-corrected chi connectivity index (χ3v) is 6.56. The summed E-state index contributed by atoms with van der Waals surface area (Å²) in [7, 11) is 0. The molecule has 0 spiro atoms. The zero-order chi connectivity index (χ0) is 23.4. The molecule has 2 unspecified atom stereocenters. The molecule has 0 amide bonds. The van der Waals surface area contributed by atoms with Crippen LogP contribution in [0.3, 0.4) is 0 Å². The average molecular weight is 489 g/mol. The summed E-state index contributed by atoms with van der Waals surface area (Å²) in [6.45, 7) is 5.41. The number of hydrogen-bond donors (Lipinski definition) is 2. The Labute approximate surface area is 203 Å². The molecular weight excluding hydrogens is 462 g/mol. The third-order valence-electron chi connectivity index (χ3n) is 5.84. The first-order valence-electron chi connectivity index (χ1n) is 10.9. The highest BCUT2D eigenvalue weighted by Gasteiger charge is 2.23. The zero-order valence-corrected chi connectivity index (χ0v) is 19.9. The van der Waals surface area contributed by atoms with Gasteiger partial charge in [-0.25, -0.2) is 9.37 Å². The molecule has 33 heavy (non-hydrogen) atoms. The van der Waals surface area contributed by atoms with Crippen molar-refractivity contribution in [3.63, 3.8) is 0 Å². The van der Waals surface area contributed by atoms with Crippen molar-refractivity contribution in [2.24, 2.45) is 0 Å². The highest BCUT2D eigenvalue weighted by atomic mass is 35.5. The van der Waals surface area contributed by atoms with E-state index in [9.17, 15) is 4.39 Å². The number of hydrogen-bond acceptors (Lipinski definition) is 5. The Morgan fingerprint density at radius 2 is 2.00 bits per heavy atom. The van der Waals surface area contributed by atoms with Crippen LogP contribution in [0.15, 0.2) is 54.7 Å². The molecule has 3 aromatic rings. The molecule has 4 rings (SSSR count). The van der Waals surface area contributed by atoms with Crippen molar-refractivity contribution in [1.82, 2.24) is 15.2 Å². The maximum absolute atomic E-state index is 13.9. The summed E-state index contributed by atoms with van der Waals surface area (Å²) in [6, 6.07) is 15.5. The SMILES string of the molecule is CC(Oc1cc(CNC2CCN(Cc3ccccc3)C2)cnc1N)c1c(Cl)ccc(F)c1Cl. The van der Waals surface area contributed by atoms with Crippen molar-refractivity contribution in [1.29, 1.82) is 0 Å². The highest BCUT2D eigenvalue weighted by Crippen LogP contribution is 2.36. The average Bonchev–Trinajstić information content (AvgIpc) is 3.25. The third kappa shape index (κ3) is 5.95. The van der Waals surface area contributed by atoms with Crippen LogP contribution >= 0.6 is 23.2 Å². The van der Waals surface area contributed by atoms with Gasteiger partial charge in [-0.1, -0.05) is 53.5 Å². The Hall–Kier alpha value is -2.38. The zero-order valence-electron chi connectivity index (χ0n) is 18.4. The molecule has 1 saturated heterocycles. The molecule has 2 heterocycles. The predicted molar refractivity (Wildman–Crippen MR) is 131 cm³/mol. The summed E-state index contributed by atoms with van der Waals surface area (Å²) in [6.07, 6.45) is 2.22. The lowest BCUT2D eigenvalue weighted by Crippen LogP contribution is -2.32. The minimum Gasteiger partial charge on any atom is -0.482 e. The molecule has 8 heteroatoms. The first-order chi connectivity index (χ1) is 15.9. The van der Waals surface area contributed by atoms with Gasteiger partial charge in [0.25, 0.3) is 0 Å². The molecule has 1 aliphatic heterocycles. The fourth-order valence-corrected chi connectivity index (χ4v) is 4.78. The normalized spacial score (nSPS) is 17.3. The lowest BCUT2D eigenvalue weighted by Gasteiger charge is -2.20. The molecule has 0 aliphatic carbocycles. The van der Waals surface area contributed by atoms with Crippen LogP contribution in [0.1, 0.15) is 36.1 Å². The predicted octanol–water partition coefficient (Wildman–Crippen LogP) is 5.61. The summed E-state index contributed by atoms with van der Waals surface area (Å²) in [4.78, 5) is 6.72. The molecule has 2 aromatic carbocycles. The van der Waals surface area contributed by atoms with Crippen molar-refractivity contribution in [2.45, 2.75) is 38.6 Å². The lowest BCUT2D eigenvalue weighted by atomic mass is 10.1. The molecule has 174 valence electrons. The van der Waals surface area contributed by atoms with E-state index in [1.807, 2.05) is 12.1 Å². The first kappa shape index (κ1) is 23.8. The van der Waals surface area contributed by atoms with Gasteiger partial charge >= 0.3 is 0 Å². The second kappa shape index (κ2) is 10.7. The Kier molecular flexibility index (Phi) is 7.71. The van der Waals surface area contributed by atoms with Crippen molar-refractivity contribution in [3.05, 3.63) is 87.3 Å². The summed E-state index contributed by atoms with van der Waals surface area (Å²) in [5.41, 5.74) is 8.69. The molecule has 3 N–H and O–H groups in total. The molecule has 1 fully saturated rings. The first-order valence-corrected chi connectivity index (χ1v) is 11.7. The van der Waals surface area contributed by atoms with Gasteiger partial charge in [-0.2, -0.15) is 0 Å². The molecule has 1 aromatic heterocycles. The number of aromatic nitrogens is 1. The Morgan fingerprint density at radius 3 is 2.79 bits per heavy atom. The topological polar surface area (TPSA) is 63.4 Å². The molecule has 2 atom stereocenters. The summed E-state index contributed by atoms with van der Waals surface area (Å²) in [5, 5.41) is 3.88. The van der Waals surface area contributed by atoms with Gasteiger partial charge in [-0.15, -0.1) is 0 Å². The molecule has 0 saturated carbocycles. The Morgan fingerprint density at radius 1 is 1.21 bits per heavy atom. The molecule has 5 nitrogen and oxygen atoms in total. The molecule has 0 radical (unpaired) electrons. The van der Waals surface area contributed by atoms with Crippen LogP contribution in [-0.2, 0) is 13.1 Å². The number of ether oxygens (including phenoxy) is 1. The fraction of sp³-hybridized carbons (Fsp3) is 0.320. The van der Waals surface area contributed by atoms with Gasteiger partial charge in [0.15, 0.2) is 11.6 Å². The standard InChI is InChI=1S/C25H27Cl2FN4O/c1-16(23-20(26)7-8-21(28)24(23)27)33-22-11-18(13-31-25(22)29)12-30-19-9-10-32(15-19)14-17-5-3-2-4-6-17/h2-8,11,13,16,19,30H,9-10,12,14-15H2,1H3,(H2,29,31). The quantitative estimate of drug-likeness (QED) is 0.403. The minimum atomic E-state index is -0.602. The summed E-state index contributed by atoms with van der Waals surface area (Å²) < 4.78 is 19.9. The van der Waals surface area contributed by atoms with E-state index in [1.165, 1.54) is 17.7 Å². The highest BCUT2D eigenvalue weighted by molar-refractivity contribution is 6.36. The van der Waals surface area contributed by atoms with Crippen LogP contribution in [0.4, 0.5) is 10.2 Å². The maximum atomic E-state index is 13.9. The van der Waals surface area contributed by atoms with Crippen molar-refractivity contribution < 1.29 is 9.13 Å². The monoisotopic (exact) mass is 488 g/mol. The van der Waals surface area contributed by atoms with Gasteiger partial charge in [0.1, 0.15) is 11.9 Å². The lowest BCUT2D eigenvalue weighted by molar-refractivity contribution is 0.227. The van der Waals surface area contributed by atoms with E-state index in [1.54, 1.807) is 13.1 Å². The number of nitrogens with one attached hydrogen (secondary N) is 1. The number of rotatable bonds is 8. The van der Waals surface area contributed by atoms with E-state index >= 15 is 0 Å². The van der Waals surface area contributed by atoms with Crippen LogP contribution < -0.4 is 15.8 Å². The van der Waals surface area contributed by atoms with Crippen LogP contribution in [0, 0.1) is 5.82 Å². The number of nitrogen functional groups attached to an aromatic ring is 1. The number of halogens is 3. The van der Waals surface area contributed by atoms with Gasteiger partial charge in [0, 0.05) is 49.0 Å². The molecule has 1 aliphatic rings. The van der Waals surface area contributed by atoms with Gasteiger partial charge in [0.2, 0.25) is 0 Å². The largest absolute Gasteiger partial charge is 0.482 e. The molecule has 0 bridgehead atoms. The Balaban J connectivity index is 1.35. The van der Waals surface area contributed by atoms with E-state index in [0.717, 1.165) is 31.6 Å². The summed E-state index contributed by atoms with van der Waals surface area (Å²) >= 11 is 12.3. The van der Waals surface area contributed by atoms with E-state index in [-0.39, 0.29) is 10.8 Å². The van der Waals surface area contributed by atoms with Crippen molar-refractivity contribution >= 4 is 29.0 Å². The summed E-state index contributed by atoms with van der Waals surface area (Å²) in [5.74, 6) is 0.118. The van der Waals surface area contributed by atoms with E-state index in [2.05, 4.69) is 39.5 Å². The molecular formula is C25H27Cl2FN4O. The second-order valence-corrected chi connectivity index (χ2v) is 9.12. The van der Waals surface area contributed by atoms with Crippen molar-refractivity contribution in [2.75, 3.05) is 18.8 Å². The van der Waals surface area contributed by atoms with E-state index in [0.29, 0.717) is 28.9 Å². The number of likely N-dealkylation sites (tertiary alicyclic amines) is 1. The van der Waals surface area contributed by atoms with Crippen LogP contribution in [0.2, 0.25) is 10.0 Å². The number of pyridine rings is 1. The van der Waals surface area contributed by atoms with E-state index in [4.69, 9.17) is 33.7 Å². The number of anilines is 1. The minimum absolute atomic E-state index is 0.0550. The number of nitrogens with two attached hydrogens (primary N) is 1.